The number of fused-ring (bicyclic) bond motifs is 1. The Hall–Kier alpha value is -2.48. The molecular weight excluding hydrogens is 310 g/mol. The number of nitrogens with two attached hydrogens (primary N) is 1. The lowest BCUT2D eigenvalue weighted by Crippen LogP contribution is -2.41. The van der Waals surface area contributed by atoms with Gasteiger partial charge in [-0.15, -0.1) is 0 Å². The summed E-state index contributed by atoms with van der Waals surface area (Å²) in [7, 11) is 2.92. The highest BCUT2D eigenvalue weighted by Crippen LogP contribution is 2.08. The van der Waals surface area contributed by atoms with Crippen molar-refractivity contribution in [1.82, 2.24) is 19.4 Å². The number of pyridine rings is 1. The zero-order valence-electron chi connectivity index (χ0n) is 14.4. The molecule has 2 rings (SSSR count). The van der Waals surface area contributed by atoms with Crippen LogP contribution < -0.4 is 22.3 Å². The van der Waals surface area contributed by atoms with Crippen LogP contribution >= 0.6 is 0 Å². The second-order valence-electron chi connectivity index (χ2n) is 6.31. The molecule has 1 unspecified atom stereocenters. The molecule has 2 aromatic heterocycles. The Morgan fingerprint density at radius 1 is 1.25 bits per heavy atom. The highest BCUT2D eigenvalue weighted by molar-refractivity contribution is 5.94. The van der Waals surface area contributed by atoms with Crippen LogP contribution in [0.15, 0.2) is 21.7 Å². The third-order valence-corrected chi connectivity index (χ3v) is 3.91. The van der Waals surface area contributed by atoms with Crippen molar-refractivity contribution in [2.75, 3.05) is 6.54 Å². The van der Waals surface area contributed by atoms with Gasteiger partial charge < -0.3 is 11.1 Å². The molecule has 0 fully saturated rings. The van der Waals surface area contributed by atoms with Crippen LogP contribution in [-0.4, -0.2) is 32.6 Å². The Balaban J connectivity index is 2.42. The van der Waals surface area contributed by atoms with E-state index in [0.717, 1.165) is 11.0 Å². The highest BCUT2D eigenvalue weighted by Gasteiger charge is 2.17. The third kappa shape index (κ3) is 3.38. The molecule has 0 aliphatic carbocycles. The van der Waals surface area contributed by atoms with E-state index in [4.69, 9.17) is 5.73 Å². The fraction of sp³-hybridized carbons (Fsp3) is 0.500. The molecule has 2 aromatic rings. The molecule has 24 heavy (non-hydrogen) atoms. The Labute approximate surface area is 139 Å². The first-order valence-electron chi connectivity index (χ1n) is 7.84. The molecule has 1 atom stereocenters. The minimum absolute atomic E-state index is 0.146. The van der Waals surface area contributed by atoms with E-state index >= 15 is 0 Å². The van der Waals surface area contributed by atoms with E-state index < -0.39 is 11.2 Å². The predicted molar refractivity (Wildman–Crippen MR) is 92.0 cm³/mol. The molecule has 0 aliphatic heterocycles. The van der Waals surface area contributed by atoms with Crippen LogP contribution in [0.4, 0.5) is 0 Å². The quantitative estimate of drug-likeness (QED) is 0.782. The number of carbonyl (C=O) groups is 1. The molecule has 0 aromatic carbocycles. The number of nitrogens with zero attached hydrogens (tertiary/aromatic N) is 3. The summed E-state index contributed by atoms with van der Waals surface area (Å²) in [6.45, 7) is 4.43. The molecule has 130 valence electrons. The second kappa shape index (κ2) is 6.96. The van der Waals surface area contributed by atoms with Gasteiger partial charge in [-0.3, -0.25) is 18.7 Å². The SMILES string of the molecule is CC(C)CC(CN)NC(=O)c1ccc2c(=O)n(C)c(=O)n(C)c2n1. The molecule has 0 spiro atoms. The van der Waals surface area contributed by atoms with Crippen molar-refractivity contribution in [3.8, 4) is 0 Å². The Kier molecular flexibility index (Phi) is 5.18. The maximum atomic E-state index is 12.4. The number of carbonyl (C=O) groups excluding carboxylic acids is 1. The fourth-order valence-corrected chi connectivity index (χ4v) is 2.62. The molecule has 2 heterocycles. The van der Waals surface area contributed by atoms with Crippen LogP contribution in [0.25, 0.3) is 11.0 Å². The van der Waals surface area contributed by atoms with Gasteiger partial charge in [0.05, 0.1) is 5.39 Å². The second-order valence-corrected chi connectivity index (χ2v) is 6.31. The molecule has 0 aliphatic rings. The van der Waals surface area contributed by atoms with E-state index in [0.29, 0.717) is 12.5 Å². The number of amides is 1. The van der Waals surface area contributed by atoms with Crippen LogP contribution in [0.5, 0.6) is 0 Å². The standard InChI is InChI=1S/C16H23N5O3/c1-9(2)7-10(8-17)18-14(22)12-6-5-11-13(19-12)20(3)16(24)21(4)15(11)23/h5-6,9-10H,7-8,17H2,1-4H3,(H,18,22). The van der Waals surface area contributed by atoms with Gasteiger partial charge in [0.15, 0.2) is 0 Å². The molecule has 1 amide bonds. The number of hydrogen-bond acceptors (Lipinski definition) is 5. The largest absolute Gasteiger partial charge is 0.347 e. The van der Waals surface area contributed by atoms with Crippen LogP contribution in [0.2, 0.25) is 0 Å². The van der Waals surface area contributed by atoms with Gasteiger partial charge in [-0.1, -0.05) is 13.8 Å². The first kappa shape index (κ1) is 17.9. The lowest BCUT2D eigenvalue weighted by atomic mass is 10.0. The average Bonchev–Trinajstić information content (AvgIpc) is 2.56. The van der Waals surface area contributed by atoms with Crippen molar-refractivity contribution >= 4 is 16.9 Å². The van der Waals surface area contributed by atoms with Gasteiger partial charge in [-0.2, -0.15) is 0 Å². The lowest BCUT2D eigenvalue weighted by Gasteiger charge is -2.18. The molecule has 0 radical (unpaired) electrons. The minimum Gasteiger partial charge on any atom is -0.347 e. The Bertz CT molecular complexity index is 882. The van der Waals surface area contributed by atoms with Gasteiger partial charge >= 0.3 is 5.69 Å². The maximum Gasteiger partial charge on any atom is 0.332 e. The molecule has 8 nitrogen and oxygen atoms in total. The smallest absolute Gasteiger partial charge is 0.332 e. The van der Waals surface area contributed by atoms with Crippen LogP contribution in [0, 0.1) is 5.92 Å². The number of aromatic nitrogens is 3. The topological polar surface area (TPSA) is 112 Å². The Morgan fingerprint density at radius 3 is 2.50 bits per heavy atom. The van der Waals surface area contributed by atoms with Crippen molar-refractivity contribution in [2.24, 2.45) is 25.7 Å². The van der Waals surface area contributed by atoms with E-state index in [2.05, 4.69) is 24.1 Å². The zero-order valence-corrected chi connectivity index (χ0v) is 14.4. The summed E-state index contributed by atoms with van der Waals surface area (Å²) in [4.78, 5) is 40.7. The van der Waals surface area contributed by atoms with Crippen molar-refractivity contribution in [1.29, 1.82) is 0 Å². The summed E-state index contributed by atoms with van der Waals surface area (Å²) in [5.74, 6) is 0.0216. The summed E-state index contributed by atoms with van der Waals surface area (Å²) in [6.07, 6.45) is 0.759. The van der Waals surface area contributed by atoms with Crippen molar-refractivity contribution < 1.29 is 4.79 Å². The number of nitrogens with one attached hydrogen (secondary N) is 1. The average molecular weight is 333 g/mol. The number of aryl methyl sites for hydroxylation is 1. The molecule has 0 saturated carbocycles. The summed E-state index contributed by atoms with van der Waals surface area (Å²) < 4.78 is 2.26. The van der Waals surface area contributed by atoms with Gasteiger partial charge in [0.25, 0.3) is 11.5 Å². The van der Waals surface area contributed by atoms with Crippen molar-refractivity contribution in [3.05, 3.63) is 38.7 Å². The summed E-state index contributed by atoms with van der Waals surface area (Å²) in [5, 5.41) is 3.13. The monoisotopic (exact) mass is 333 g/mol. The van der Waals surface area contributed by atoms with Gasteiger partial charge in [0, 0.05) is 26.7 Å². The summed E-state index contributed by atoms with van der Waals surface area (Å²) >= 11 is 0. The highest BCUT2D eigenvalue weighted by atomic mass is 16.2. The van der Waals surface area contributed by atoms with Crippen LogP contribution in [0.1, 0.15) is 30.8 Å². The van der Waals surface area contributed by atoms with Crippen LogP contribution in [-0.2, 0) is 14.1 Å². The first-order valence-corrected chi connectivity index (χ1v) is 7.84. The molecule has 0 saturated heterocycles. The van der Waals surface area contributed by atoms with Crippen molar-refractivity contribution in [3.63, 3.8) is 0 Å². The van der Waals surface area contributed by atoms with Gasteiger partial charge in [0.2, 0.25) is 0 Å². The van der Waals surface area contributed by atoms with E-state index in [-0.39, 0.29) is 28.7 Å². The van der Waals surface area contributed by atoms with E-state index in [1.807, 2.05) is 0 Å². The first-order chi connectivity index (χ1) is 11.3. The van der Waals surface area contributed by atoms with Crippen LogP contribution in [0.3, 0.4) is 0 Å². The van der Waals surface area contributed by atoms with Gasteiger partial charge in [-0.05, 0) is 24.5 Å². The zero-order chi connectivity index (χ0) is 18.0. The molecule has 8 heteroatoms. The fourth-order valence-electron chi connectivity index (χ4n) is 2.62. The van der Waals surface area contributed by atoms with E-state index in [1.165, 1.54) is 30.8 Å². The molecule has 0 bridgehead atoms. The van der Waals surface area contributed by atoms with E-state index in [9.17, 15) is 14.4 Å². The lowest BCUT2D eigenvalue weighted by molar-refractivity contribution is 0.0929. The van der Waals surface area contributed by atoms with Gasteiger partial charge in [0.1, 0.15) is 11.3 Å². The molecular formula is C16H23N5O3. The van der Waals surface area contributed by atoms with E-state index in [1.54, 1.807) is 0 Å². The maximum absolute atomic E-state index is 12.4. The Morgan fingerprint density at radius 2 is 1.92 bits per heavy atom. The number of rotatable bonds is 5. The number of hydrogen-bond donors (Lipinski definition) is 2. The molecule has 3 N–H and O–H groups in total. The normalized spacial score (nSPS) is 12.6. The predicted octanol–water partition coefficient (Wildman–Crippen LogP) is -0.265. The van der Waals surface area contributed by atoms with Gasteiger partial charge in [-0.25, -0.2) is 9.78 Å². The summed E-state index contributed by atoms with van der Waals surface area (Å²) in [5.41, 5.74) is 5.10. The van der Waals surface area contributed by atoms with Crippen molar-refractivity contribution in [2.45, 2.75) is 26.3 Å². The summed E-state index contributed by atoms with van der Waals surface area (Å²) in [6, 6.07) is 2.84. The third-order valence-electron chi connectivity index (χ3n) is 3.91. The minimum atomic E-state index is -0.489.